The molecule has 1 aliphatic rings. The molecule has 7 rings (SSSR count). The van der Waals surface area contributed by atoms with Crippen molar-refractivity contribution in [2.45, 2.75) is 32.4 Å². The summed E-state index contributed by atoms with van der Waals surface area (Å²) >= 11 is 6.14. The van der Waals surface area contributed by atoms with Crippen LogP contribution >= 0.6 is 11.6 Å². The number of rotatable bonds is 7. The number of fused-ring (bicyclic) bond motifs is 1. The van der Waals surface area contributed by atoms with Crippen LogP contribution < -0.4 is 10.6 Å². The van der Waals surface area contributed by atoms with Crippen molar-refractivity contribution in [2.24, 2.45) is 0 Å². The third kappa shape index (κ3) is 5.38. The van der Waals surface area contributed by atoms with Gasteiger partial charge in [-0.05, 0) is 68.1 Å². The molecule has 0 radical (unpaired) electrons. The molecule has 1 aliphatic heterocycles. The highest BCUT2D eigenvalue weighted by molar-refractivity contribution is 6.30. The second-order valence-electron chi connectivity index (χ2n) is 10.4. The summed E-state index contributed by atoms with van der Waals surface area (Å²) in [5.74, 6) is 0.507. The lowest BCUT2D eigenvalue weighted by molar-refractivity contribution is -0.0298. The minimum absolute atomic E-state index is 0.0950. The standard InChI is InChI=1S/C32H27ClN8O3/c1-19-10-11-22(39-32(42)28-29(44-18-38-28)20-6-4-7-21(33)14-20)15-24(19)40-30-23(8-5-12-34-30)26-27-31(36-16-35-26)41(17-37-27)25-9-2-3-13-43-25/h4-8,10-12,14-18,25H,2-3,9,13H2,1H3,(H,34,40)(H,39,42). The number of carbonyl (C=O) groups is 1. The van der Waals surface area contributed by atoms with Crippen LogP contribution in [0.4, 0.5) is 17.2 Å². The maximum atomic E-state index is 13.3. The Morgan fingerprint density at radius 2 is 1.95 bits per heavy atom. The molecule has 0 spiro atoms. The van der Waals surface area contributed by atoms with Crippen molar-refractivity contribution in [2.75, 3.05) is 17.2 Å². The Kier molecular flexibility index (Phi) is 7.47. The summed E-state index contributed by atoms with van der Waals surface area (Å²) in [4.78, 5) is 35.8. The Morgan fingerprint density at radius 1 is 1.02 bits per heavy atom. The third-order valence-electron chi connectivity index (χ3n) is 7.51. The van der Waals surface area contributed by atoms with E-state index in [1.165, 1.54) is 6.39 Å². The first-order chi connectivity index (χ1) is 21.5. The number of amides is 1. The van der Waals surface area contributed by atoms with Crippen LogP contribution in [-0.2, 0) is 4.74 Å². The SMILES string of the molecule is Cc1ccc(NC(=O)c2ncoc2-c2cccc(Cl)c2)cc1Nc1ncccc1-c1ncnc2c1ncn2C1CCCCO1. The van der Waals surface area contributed by atoms with Gasteiger partial charge in [0.2, 0.25) is 0 Å². The van der Waals surface area contributed by atoms with Crippen molar-refractivity contribution in [1.29, 1.82) is 0 Å². The van der Waals surface area contributed by atoms with Crippen LogP contribution in [0.3, 0.4) is 0 Å². The summed E-state index contributed by atoms with van der Waals surface area (Å²) in [7, 11) is 0. The maximum absolute atomic E-state index is 13.3. The van der Waals surface area contributed by atoms with Gasteiger partial charge in [0, 0.05) is 40.3 Å². The van der Waals surface area contributed by atoms with Crippen molar-refractivity contribution in [1.82, 2.24) is 29.5 Å². The van der Waals surface area contributed by atoms with E-state index < -0.39 is 5.91 Å². The number of pyridine rings is 1. The molecule has 44 heavy (non-hydrogen) atoms. The second-order valence-corrected chi connectivity index (χ2v) is 10.9. The van der Waals surface area contributed by atoms with Crippen molar-refractivity contribution in [3.05, 3.63) is 96.1 Å². The van der Waals surface area contributed by atoms with Gasteiger partial charge >= 0.3 is 0 Å². The minimum Gasteiger partial charge on any atom is -0.443 e. The lowest BCUT2D eigenvalue weighted by Gasteiger charge is -2.23. The van der Waals surface area contributed by atoms with Gasteiger partial charge in [-0.2, -0.15) is 0 Å². The number of aryl methyl sites for hydroxylation is 1. The highest BCUT2D eigenvalue weighted by atomic mass is 35.5. The number of ether oxygens (including phenoxy) is 1. The monoisotopic (exact) mass is 606 g/mol. The Morgan fingerprint density at radius 3 is 2.82 bits per heavy atom. The Balaban J connectivity index is 1.17. The predicted octanol–water partition coefficient (Wildman–Crippen LogP) is 7.20. The first-order valence-corrected chi connectivity index (χ1v) is 14.6. The number of aromatic nitrogens is 6. The Labute approximate surface area is 257 Å². The first-order valence-electron chi connectivity index (χ1n) is 14.2. The molecule has 0 aliphatic carbocycles. The zero-order valence-electron chi connectivity index (χ0n) is 23.7. The number of anilines is 3. The summed E-state index contributed by atoms with van der Waals surface area (Å²) in [6.45, 7) is 2.69. The molecule has 11 nitrogen and oxygen atoms in total. The number of imidazole rings is 1. The van der Waals surface area contributed by atoms with E-state index in [0.29, 0.717) is 44.7 Å². The number of oxazole rings is 1. The smallest absolute Gasteiger partial charge is 0.278 e. The lowest BCUT2D eigenvalue weighted by atomic mass is 10.1. The summed E-state index contributed by atoms with van der Waals surface area (Å²) in [5.41, 5.74) is 5.87. The molecule has 2 aromatic carbocycles. The largest absolute Gasteiger partial charge is 0.443 e. The fourth-order valence-corrected chi connectivity index (χ4v) is 5.48. The molecular weight excluding hydrogens is 580 g/mol. The second kappa shape index (κ2) is 11.9. The van der Waals surface area contributed by atoms with Gasteiger partial charge in [0.05, 0.1) is 6.33 Å². The molecular formula is C32H27ClN8O3. The van der Waals surface area contributed by atoms with E-state index in [0.717, 1.165) is 42.7 Å². The van der Waals surface area contributed by atoms with Gasteiger partial charge in [-0.3, -0.25) is 9.36 Å². The Hall–Kier alpha value is -5.13. The van der Waals surface area contributed by atoms with Crippen LogP contribution in [0.15, 0.2) is 84.3 Å². The average molecular weight is 607 g/mol. The van der Waals surface area contributed by atoms with Gasteiger partial charge in [-0.15, -0.1) is 0 Å². The van der Waals surface area contributed by atoms with E-state index in [-0.39, 0.29) is 11.9 Å². The lowest BCUT2D eigenvalue weighted by Crippen LogP contribution is -2.17. The van der Waals surface area contributed by atoms with Gasteiger partial charge < -0.3 is 19.8 Å². The summed E-state index contributed by atoms with van der Waals surface area (Å²) in [6, 6.07) is 16.4. The molecule has 0 bridgehead atoms. The van der Waals surface area contributed by atoms with Crippen molar-refractivity contribution in [3.63, 3.8) is 0 Å². The Bertz CT molecular complexity index is 1980. The van der Waals surface area contributed by atoms with E-state index in [4.69, 9.17) is 20.8 Å². The highest BCUT2D eigenvalue weighted by Crippen LogP contribution is 2.34. The molecule has 220 valence electrons. The van der Waals surface area contributed by atoms with Crippen LogP contribution in [0, 0.1) is 6.92 Å². The molecule has 1 fully saturated rings. The summed E-state index contributed by atoms with van der Waals surface area (Å²) < 4.78 is 13.5. The van der Waals surface area contributed by atoms with E-state index in [9.17, 15) is 4.79 Å². The number of halogens is 1. The van der Waals surface area contributed by atoms with Crippen molar-refractivity contribution >= 4 is 45.9 Å². The average Bonchev–Trinajstić information content (AvgIpc) is 3.72. The van der Waals surface area contributed by atoms with Gasteiger partial charge in [0.15, 0.2) is 23.5 Å². The molecule has 1 atom stereocenters. The van der Waals surface area contributed by atoms with E-state index in [1.807, 2.05) is 41.8 Å². The summed E-state index contributed by atoms with van der Waals surface area (Å²) in [6.07, 6.45) is 9.23. The van der Waals surface area contributed by atoms with Crippen LogP contribution in [0.25, 0.3) is 33.7 Å². The normalized spacial score (nSPS) is 14.9. The highest BCUT2D eigenvalue weighted by Gasteiger charge is 2.22. The predicted molar refractivity (Wildman–Crippen MR) is 167 cm³/mol. The number of nitrogens with one attached hydrogen (secondary N) is 2. The molecule has 12 heteroatoms. The fourth-order valence-electron chi connectivity index (χ4n) is 5.29. The van der Waals surface area contributed by atoms with E-state index in [1.54, 1.807) is 43.1 Å². The van der Waals surface area contributed by atoms with Crippen LogP contribution in [-0.4, -0.2) is 42.0 Å². The number of carbonyl (C=O) groups excluding carboxylic acids is 1. The molecule has 1 saturated heterocycles. The fraction of sp³-hybridized carbons (Fsp3) is 0.188. The quantitative estimate of drug-likeness (QED) is 0.193. The molecule has 5 heterocycles. The van der Waals surface area contributed by atoms with Gasteiger partial charge in [-0.25, -0.2) is 24.9 Å². The molecule has 6 aromatic rings. The molecule has 1 amide bonds. The first kappa shape index (κ1) is 27.7. The van der Waals surface area contributed by atoms with Gasteiger partial charge in [0.1, 0.15) is 29.6 Å². The molecule has 0 saturated carbocycles. The third-order valence-corrected chi connectivity index (χ3v) is 7.74. The van der Waals surface area contributed by atoms with Crippen LogP contribution in [0.2, 0.25) is 5.02 Å². The van der Waals surface area contributed by atoms with Crippen molar-refractivity contribution in [3.8, 4) is 22.6 Å². The van der Waals surface area contributed by atoms with Crippen molar-refractivity contribution < 1.29 is 13.9 Å². The number of nitrogens with zero attached hydrogens (tertiary/aromatic N) is 6. The minimum atomic E-state index is -0.414. The number of benzene rings is 2. The zero-order chi connectivity index (χ0) is 30.0. The number of hydrogen-bond donors (Lipinski definition) is 2. The van der Waals surface area contributed by atoms with E-state index in [2.05, 4.69) is 35.6 Å². The van der Waals surface area contributed by atoms with Gasteiger partial charge in [-0.1, -0.05) is 29.8 Å². The summed E-state index contributed by atoms with van der Waals surface area (Å²) in [5, 5.41) is 6.89. The topological polar surface area (TPSA) is 133 Å². The molecule has 4 aromatic heterocycles. The molecule has 2 N–H and O–H groups in total. The van der Waals surface area contributed by atoms with Gasteiger partial charge in [0.25, 0.3) is 5.91 Å². The molecule has 1 unspecified atom stereocenters. The van der Waals surface area contributed by atoms with Crippen LogP contribution in [0.5, 0.6) is 0 Å². The van der Waals surface area contributed by atoms with Crippen LogP contribution in [0.1, 0.15) is 41.5 Å². The maximum Gasteiger partial charge on any atom is 0.278 e. The van der Waals surface area contributed by atoms with E-state index >= 15 is 0 Å². The number of hydrogen-bond acceptors (Lipinski definition) is 9. The zero-order valence-corrected chi connectivity index (χ0v) is 24.5.